The minimum absolute atomic E-state index is 0.00812. The van der Waals surface area contributed by atoms with E-state index in [0.29, 0.717) is 33.0 Å². The van der Waals surface area contributed by atoms with Crippen molar-refractivity contribution in [1.29, 1.82) is 0 Å². The monoisotopic (exact) mass is 543 g/mol. The zero-order valence-corrected chi connectivity index (χ0v) is 24.9. The molecule has 10 nitrogen and oxygen atoms in total. The molecule has 0 bridgehead atoms. The fourth-order valence-electron chi connectivity index (χ4n) is 5.44. The minimum atomic E-state index is -0.508. The van der Waals surface area contributed by atoms with Crippen LogP contribution in [0.25, 0.3) is 0 Å². The van der Waals surface area contributed by atoms with Gasteiger partial charge in [-0.3, -0.25) is 0 Å². The number of nitrogens with zero attached hydrogens (tertiary/aromatic N) is 1. The molecule has 1 saturated carbocycles. The van der Waals surface area contributed by atoms with E-state index in [2.05, 4.69) is 38.0 Å². The number of rotatable bonds is 16. The second-order valence-electron chi connectivity index (χ2n) is 12.2. The number of hydrogen-bond donors (Lipinski definition) is 2. The van der Waals surface area contributed by atoms with Gasteiger partial charge in [-0.2, -0.15) is 0 Å². The van der Waals surface area contributed by atoms with E-state index in [1.807, 2.05) is 7.05 Å². The summed E-state index contributed by atoms with van der Waals surface area (Å²) in [6.45, 7) is 13.1. The summed E-state index contributed by atoms with van der Waals surface area (Å²) in [5.41, 5.74) is -0.122. The molecule has 2 aliphatic heterocycles. The SMILES string of the molecule is C[SiH2]CCCN(C)C(=O)NC1CC(C)(C)CC(C)(CNC(=O)OC(COCC2CO2)COCC2CO2)C1. The molecule has 4 atom stereocenters. The molecule has 214 valence electrons. The highest BCUT2D eigenvalue weighted by Gasteiger charge is 2.42. The van der Waals surface area contributed by atoms with E-state index in [9.17, 15) is 9.59 Å². The molecule has 2 heterocycles. The lowest BCUT2D eigenvalue weighted by Crippen LogP contribution is -2.52. The van der Waals surface area contributed by atoms with Crippen molar-refractivity contribution >= 4 is 21.6 Å². The number of alkyl carbamates (subject to hydrolysis) is 1. The topological polar surface area (TPSA) is 114 Å². The third kappa shape index (κ3) is 11.9. The summed E-state index contributed by atoms with van der Waals surface area (Å²) in [5.74, 6) is 0. The van der Waals surface area contributed by atoms with Gasteiger partial charge in [-0.1, -0.05) is 33.4 Å². The molecule has 37 heavy (non-hydrogen) atoms. The van der Waals surface area contributed by atoms with Gasteiger partial charge < -0.3 is 39.2 Å². The van der Waals surface area contributed by atoms with E-state index >= 15 is 0 Å². The molecule has 3 fully saturated rings. The summed E-state index contributed by atoms with van der Waals surface area (Å²) in [6, 6.07) is 1.31. The van der Waals surface area contributed by atoms with E-state index in [1.54, 1.807) is 4.90 Å². The molecule has 3 aliphatic rings. The van der Waals surface area contributed by atoms with Crippen LogP contribution >= 0.6 is 0 Å². The summed E-state index contributed by atoms with van der Waals surface area (Å²) >= 11 is 0. The Hall–Kier alpha value is -1.40. The first kappa shape index (κ1) is 30.1. The first-order chi connectivity index (χ1) is 17.6. The van der Waals surface area contributed by atoms with Crippen LogP contribution in [0.5, 0.6) is 0 Å². The molecule has 0 spiro atoms. The number of epoxide rings is 2. The zero-order chi connectivity index (χ0) is 26.9. The highest BCUT2D eigenvalue weighted by molar-refractivity contribution is 6.33. The standard InChI is InChI=1S/C26H49N3O7Si/c1-25(2)9-19(28-23(30)29(4)7-6-8-37-5)10-26(3,17-25)18-27-24(31)36-22(13-32-11-20-15-34-20)14-33-12-21-16-35-21/h19-22H,6-18,37H2,1-5H3,(H,27,31)(H,28,30). The molecular weight excluding hydrogens is 494 g/mol. The summed E-state index contributed by atoms with van der Waals surface area (Å²) in [5, 5.41) is 6.23. The van der Waals surface area contributed by atoms with Gasteiger partial charge in [0.25, 0.3) is 0 Å². The van der Waals surface area contributed by atoms with Gasteiger partial charge >= 0.3 is 12.1 Å². The van der Waals surface area contributed by atoms with E-state index in [0.717, 1.165) is 32.2 Å². The average Bonchev–Trinajstić information content (AvgIpc) is 3.72. The van der Waals surface area contributed by atoms with Crippen molar-refractivity contribution in [2.45, 2.75) is 83.4 Å². The van der Waals surface area contributed by atoms with E-state index < -0.39 is 12.2 Å². The molecule has 3 rings (SSSR count). The van der Waals surface area contributed by atoms with Crippen molar-refractivity contribution in [3.8, 4) is 0 Å². The molecule has 1 aliphatic carbocycles. The molecule has 3 amide bonds. The van der Waals surface area contributed by atoms with Crippen LogP contribution in [0, 0.1) is 10.8 Å². The highest BCUT2D eigenvalue weighted by Crippen LogP contribution is 2.45. The largest absolute Gasteiger partial charge is 0.441 e. The van der Waals surface area contributed by atoms with Gasteiger partial charge in [-0.15, -0.1) is 0 Å². The van der Waals surface area contributed by atoms with E-state index in [-0.39, 0.29) is 57.8 Å². The van der Waals surface area contributed by atoms with Crippen LogP contribution in [-0.4, -0.2) is 111 Å². The molecular formula is C26H49N3O7Si. The Labute approximate surface area is 224 Å². The number of nitrogens with one attached hydrogen (secondary N) is 2. The number of amides is 3. The van der Waals surface area contributed by atoms with Crippen LogP contribution in [0.2, 0.25) is 12.6 Å². The number of ether oxygens (including phenoxy) is 5. The summed E-state index contributed by atoms with van der Waals surface area (Å²) in [6.07, 6.45) is 3.05. The van der Waals surface area contributed by atoms with Gasteiger partial charge in [0, 0.05) is 35.7 Å². The van der Waals surface area contributed by atoms with Crippen LogP contribution in [0.4, 0.5) is 9.59 Å². The summed E-state index contributed by atoms with van der Waals surface area (Å²) in [4.78, 5) is 27.3. The maximum absolute atomic E-state index is 12.8. The van der Waals surface area contributed by atoms with Crippen LogP contribution in [0.1, 0.15) is 46.5 Å². The predicted molar refractivity (Wildman–Crippen MR) is 144 cm³/mol. The molecule has 4 unspecified atom stereocenters. The lowest BCUT2D eigenvalue weighted by molar-refractivity contribution is -0.0335. The third-order valence-electron chi connectivity index (χ3n) is 7.17. The maximum Gasteiger partial charge on any atom is 0.407 e. The van der Waals surface area contributed by atoms with Crippen molar-refractivity contribution in [2.24, 2.45) is 10.8 Å². The summed E-state index contributed by atoms with van der Waals surface area (Å²) in [7, 11) is 1.90. The van der Waals surface area contributed by atoms with Gasteiger partial charge in [0.2, 0.25) is 0 Å². The van der Waals surface area contributed by atoms with Crippen molar-refractivity contribution in [3.63, 3.8) is 0 Å². The Morgan fingerprint density at radius 1 is 1.08 bits per heavy atom. The van der Waals surface area contributed by atoms with Gasteiger partial charge in [0.15, 0.2) is 6.10 Å². The van der Waals surface area contributed by atoms with E-state index in [4.69, 9.17) is 23.7 Å². The number of carbonyl (C=O) groups is 2. The van der Waals surface area contributed by atoms with Crippen LogP contribution in [0.15, 0.2) is 0 Å². The normalized spacial score (nSPS) is 29.1. The molecule has 0 aromatic rings. The van der Waals surface area contributed by atoms with Gasteiger partial charge in [-0.05, 0) is 36.5 Å². The minimum Gasteiger partial charge on any atom is -0.441 e. The van der Waals surface area contributed by atoms with Crippen molar-refractivity contribution < 1.29 is 33.3 Å². The third-order valence-corrected chi connectivity index (χ3v) is 8.37. The maximum atomic E-state index is 12.8. The highest BCUT2D eigenvalue weighted by atomic mass is 28.2. The quantitative estimate of drug-likeness (QED) is 0.174. The molecule has 0 aromatic heterocycles. The van der Waals surface area contributed by atoms with Crippen molar-refractivity contribution in [2.75, 3.05) is 59.8 Å². The van der Waals surface area contributed by atoms with Gasteiger partial charge in [0.1, 0.15) is 12.2 Å². The predicted octanol–water partition coefficient (Wildman–Crippen LogP) is 2.16. The molecule has 2 saturated heterocycles. The first-order valence-electron chi connectivity index (χ1n) is 13.9. The number of carbonyl (C=O) groups excluding carboxylic acids is 2. The Kier molecular flexibility index (Phi) is 11.5. The Balaban J connectivity index is 1.45. The Bertz CT molecular complexity index is 717. The molecule has 11 heteroatoms. The smallest absolute Gasteiger partial charge is 0.407 e. The van der Waals surface area contributed by atoms with Gasteiger partial charge in [0.05, 0.1) is 39.6 Å². The van der Waals surface area contributed by atoms with Crippen LogP contribution in [-0.2, 0) is 23.7 Å². The Morgan fingerprint density at radius 2 is 1.70 bits per heavy atom. The second-order valence-corrected chi connectivity index (χ2v) is 13.9. The molecule has 0 aromatic carbocycles. The van der Waals surface area contributed by atoms with E-state index in [1.165, 1.54) is 6.04 Å². The number of hydrogen-bond acceptors (Lipinski definition) is 7. The lowest BCUT2D eigenvalue weighted by atomic mass is 9.62. The number of urea groups is 1. The van der Waals surface area contributed by atoms with Gasteiger partial charge in [-0.25, -0.2) is 9.59 Å². The van der Waals surface area contributed by atoms with Crippen LogP contribution < -0.4 is 10.6 Å². The molecule has 0 radical (unpaired) electrons. The van der Waals surface area contributed by atoms with Crippen LogP contribution in [0.3, 0.4) is 0 Å². The van der Waals surface area contributed by atoms with Crippen molar-refractivity contribution in [3.05, 3.63) is 0 Å². The fourth-order valence-corrected chi connectivity index (χ4v) is 6.16. The average molecular weight is 544 g/mol. The fraction of sp³-hybridized carbons (Fsp3) is 0.923. The first-order valence-corrected chi connectivity index (χ1v) is 16.3. The second kappa shape index (κ2) is 14.1. The Morgan fingerprint density at radius 3 is 2.27 bits per heavy atom. The zero-order valence-electron chi connectivity index (χ0n) is 23.5. The molecule has 2 N–H and O–H groups in total. The van der Waals surface area contributed by atoms with Crippen molar-refractivity contribution in [1.82, 2.24) is 15.5 Å². The summed E-state index contributed by atoms with van der Waals surface area (Å²) < 4.78 is 27.3. The lowest BCUT2D eigenvalue weighted by Gasteiger charge is -2.47.